The summed E-state index contributed by atoms with van der Waals surface area (Å²) in [5, 5.41) is 29.7. The highest BCUT2D eigenvalue weighted by Gasteiger charge is 2.42. The molecule has 1 aliphatic carbocycles. The summed E-state index contributed by atoms with van der Waals surface area (Å²) in [6.07, 6.45) is 2.70. The van der Waals surface area contributed by atoms with Crippen LogP contribution in [0, 0.1) is 0 Å². The molecule has 6 rings (SSSR count). The number of hydrogen-bond donors (Lipinski definition) is 5. The third-order valence-electron chi connectivity index (χ3n) is 7.90. The highest BCUT2D eigenvalue weighted by Crippen LogP contribution is 2.43. The number of carbonyl (C=O) groups excluding carboxylic acids is 2. The van der Waals surface area contributed by atoms with Crippen molar-refractivity contribution >= 4 is 40.6 Å². The number of hydrogen-bond acceptors (Lipinski definition) is 7. The molecular weight excluding hydrogens is 558 g/mol. The Morgan fingerprint density at radius 1 is 1.02 bits per heavy atom. The minimum Gasteiger partial charge on any atom is -0.508 e. The number of carboxylic acids is 1. The number of urea groups is 1. The van der Waals surface area contributed by atoms with E-state index in [0.29, 0.717) is 40.2 Å². The average Bonchev–Trinajstić information content (AvgIpc) is 3.52. The standard InChI is InChI=1S/C31H29N3O7S/c35-16-9-10-19-24(13-16)41-29-20(27(19)17-5-1-2-6-18(17)30(38)39)11-12-23(36)21(29)14-32-26(37)8-4-3-7-25-28-22(15-42-25)33-31(40)34-28/h1-2,5-6,9-13,22,25,28,35H,3-4,7-8,14-15H2,(H,32,37)(H,38,39)(H2,33,34,40). The van der Waals surface area contributed by atoms with E-state index in [4.69, 9.17) is 4.42 Å². The molecule has 216 valence electrons. The number of fused-ring (bicyclic) bond motifs is 3. The highest BCUT2D eigenvalue weighted by atomic mass is 32.2. The van der Waals surface area contributed by atoms with Crippen LogP contribution in [0.4, 0.5) is 4.79 Å². The summed E-state index contributed by atoms with van der Waals surface area (Å²) in [4.78, 5) is 49.4. The lowest BCUT2D eigenvalue weighted by molar-refractivity contribution is -0.121. The van der Waals surface area contributed by atoms with Crippen molar-refractivity contribution in [2.75, 3.05) is 5.75 Å². The van der Waals surface area contributed by atoms with E-state index in [-0.39, 0.29) is 64.2 Å². The molecule has 0 bridgehead atoms. The smallest absolute Gasteiger partial charge is 0.336 e. The van der Waals surface area contributed by atoms with E-state index < -0.39 is 5.97 Å². The van der Waals surface area contributed by atoms with Crippen molar-refractivity contribution in [3.8, 4) is 28.2 Å². The zero-order valence-corrected chi connectivity index (χ0v) is 23.3. The molecule has 0 spiro atoms. The fourth-order valence-corrected chi connectivity index (χ4v) is 7.42. The fourth-order valence-electron chi connectivity index (χ4n) is 5.87. The first kappa shape index (κ1) is 27.6. The molecule has 3 heterocycles. The van der Waals surface area contributed by atoms with Crippen molar-refractivity contribution in [2.45, 2.75) is 49.6 Å². The molecule has 3 atom stereocenters. The first-order valence-electron chi connectivity index (χ1n) is 13.8. The highest BCUT2D eigenvalue weighted by molar-refractivity contribution is 8.00. The monoisotopic (exact) mass is 587 g/mol. The van der Waals surface area contributed by atoms with Crippen LogP contribution in [-0.4, -0.2) is 51.2 Å². The zero-order valence-electron chi connectivity index (χ0n) is 22.5. The van der Waals surface area contributed by atoms with Gasteiger partial charge in [0.15, 0.2) is 5.43 Å². The minimum atomic E-state index is -1.10. The number of unbranched alkanes of at least 4 members (excludes halogenated alkanes) is 1. The molecular formula is C31H29N3O7S. The number of aromatic carboxylic acids is 1. The van der Waals surface area contributed by atoms with Crippen LogP contribution in [0.1, 0.15) is 41.6 Å². The van der Waals surface area contributed by atoms with Gasteiger partial charge in [0.1, 0.15) is 17.1 Å². The Kier molecular flexibility index (Phi) is 7.51. The SMILES string of the molecule is O=C(CCCCC1SCC2NC(=O)NC21)NCc1c2oc3cc(O)ccc3c(-c3ccccc3C(=O)O)c-2ccc1=O. The predicted molar refractivity (Wildman–Crippen MR) is 159 cm³/mol. The van der Waals surface area contributed by atoms with Crippen molar-refractivity contribution in [3.63, 3.8) is 0 Å². The van der Waals surface area contributed by atoms with Crippen LogP contribution in [0.25, 0.3) is 33.4 Å². The van der Waals surface area contributed by atoms with Crippen LogP contribution in [0.2, 0.25) is 0 Å². The second-order valence-corrected chi connectivity index (χ2v) is 11.8. The number of aromatic hydroxyl groups is 1. The molecule has 3 amide bonds. The lowest BCUT2D eigenvalue weighted by Gasteiger charge is -2.19. The van der Waals surface area contributed by atoms with E-state index in [0.717, 1.165) is 18.6 Å². The normalized spacial score (nSPS) is 19.4. The summed E-state index contributed by atoms with van der Waals surface area (Å²) in [6, 6.07) is 14.3. The van der Waals surface area contributed by atoms with Crippen LogP contribution in [-0.2, 0) is 11.3 Å². The Hall–Kier alpha value is -4.51. The maximum absolute atomic E-state index is 13.0. The number of phenols is 1. The Balaban J connectivity index is 1.21. The number of phenolic OH excluding ortho intramolecular Hbond substituents is 1. The summed E-state index contributed by atoms with van der Waals surface area (Å²) < 4.78 is 6.14. The van der Waals surface area contributed by atoms with Crippen LogP contribution >= 0.6 is 11.8 Å². The van der Waals surface area contributed by atoms with Gasteiger partial charge < -0.3 is 30.6 Å². The van der Waals surface area contributed by atoms with Gasteiger partial charge in [0.2, 0.25) is 5.91 Å². The maximum atomic E-state index is 13.0. The molecule has 3 unspecified atom stereocenters. The van der Waals surface area contributed by atoms with Gasteiger partial charge in [-0.15, -0.1) is 0 Å². The maximum Gasteiger partial charge on any atom is 0.336 e. The zero-order chi connectivity index (χ0) is 29.4. The van der Waals surface area contributed by atoms with E-state index in [2.05, 4.69) is 16.0 Å². The predicted octanol–water partition coefficient (Wildman–Crippen LogP) is 4.31. The van der Waals surface area contributed by atoms with Crippen molar-refractivity contribution < 1.29 is 29.0 Å². The lowest BCUT2D eigenvalue weighted by Crippen LogP contribution is -2.36. The first-order valence-corrected chi connectivity index (χ1v) is 14.8. The number of carboxylic acid groups (broad SMARTS) is 1. The van der Waals surface area contributed by atoms with Gasteiger partial charge in [-0.3, -0.25) is 9.59 Å². The molecule has 10 nitrogen and oxygen atoms in total. The molecule has 2 aromatic carbocycles. The van der Waals surface area contributed by atoms with Crippen molar-refractivity contribution in [2.24, 2.45) is 0 Å². The molecule has 42 heavy (non-hydrogen) atoms. The number of nitrogens with one attached hydrogen (secondary N) is 3. The molecule has 2 aromatic rings. The van der Waals surface area contributed by atoms with Gasteiger partial charge in [-0.2, -0.15) is 11.8 Å². The van der Waals surface area contributed by atoms with E-state index in [1.54, 1.807) is 30.3 Å². The topological polar surface area (TPSA) is 158 Å². The van der Waals surface area contributed by atoms with Gasteiger partial charge in [0.25, 0.3) is 0 Å². The minimum absolute atomic E-state index is 0.0469. The Morgan fingerprint density at radius 2 is 1.86 bits per heavy atom. The van der Waals surface area contributed by atoms with Crippen molar-refractivity contribution in [3.05, 3.63) is 75.9 Å². The Morgan fingerprint density at radius 3 is 2.69 bits per heavy atom. The number of thioether (sulfide) groups is 1. The summed E-state index contributed by atoms with van der Waals surface area (Å²) >= 11 is 1.84. The van der Waals surface area contributed by atoms with Crippen LogP contribution in [0.5, 0.6) is 5.75 Å². The fraction of sp³-hybridized carbons (Fsp3) is 0.290. The molecule has 2 saturated heterocycles. The largest absolute Gasteiger partial charge is 0.508 e. The van der Waals surface area contributed by atoms with Crippen LogP contribution in [0.3, 0.4) is 0 Å². The molecule has 0 radical (unpaired) electrons. The molecule has 0 saturated carbocycles. The first-order chi connectivity index (χ1) is 20.3. The van der Waals surface area contributed by atoms with E-state index in [1.807, 2.05) is 11.8 Å². The third kappa shape index (κ3) is 5.27. The molecule has 3 aliphatic heterocycles. The summed E-state index contributed by atoms with van der Waals surface area (Å²) in [7, 11) is 0. The summed E-state index contributed by atoms with van der Waals surface area (Å²) in [6.45, 7) is -0.0667. The lowest BCUT2D eigenvalue weighted by atomic mass is 9.89. The van der Waals surface area contributed by atoms with Gasteiger partial charge in [-0.1, -0.05) is 24.6 Å². The van der Waals surface area contributed by atoms with Gasteiger partial charge in [0, 0.05) is 40.0 Å². The van der Waals surface area contributed by atoms with Gasteiger partial charge in [0.05, 0.1) is 29.8 Å². The van der Waals surface area contributed by atoms with Crippen molar-refractivity contribution in [1.82, 2.24) is 16.0 Å². The Bertz CT molecular complexity index is 1740. The van der Waals surface area contributed by atoms with E-state index in [1.165, 1.54) is 24.3 Å². The van der Waals surface area contributed by atoms with Crippen molar-refractivity contribution in [1.29, 1.82) is 0 Å². The number of amides is 3. The number of benzene rings is 3. The quantitative estimate of drug-likeness (QED) is 0.110. The molecule has 2 fully saturated rings. The summed E-state index contributed by atoms with van der Waals surface area (Å²) in [5.74, 6) is -0.240. The average molecular weight is 588 g/mol. The number of rotatable bonds is 9. The second-order valence-electron chi connectivity index (χ2n) is 10.6. The molecule has 0 aromatic heterocycles. The molecule has 4 aliphatic rings. The Labute approximate surface area is 244 Å². The van der Waals surface area contributed by atoms with Crippen LogP contribution in [0.15, 0.2) is 63.8 Å². The van der Waals surface area contributed by atoms with Gasteiger partial charge in [-0.25, -0.2) is 9.59 Å². The second kappa shape index (κ2) is 11.4. The van der Waals surface area contributed by atoms with E-state index in [9.17, 15) is 29.4 Å². The molecule has 11 heteroatoms. The third-order valence-corrected chi connectivity index (χ3v) is 9.41. The summed E-state index contributed by atoms with van der Waals surface area (Å²) in [5.41, 5.74) is 1.77. The van der Waals surface area contributed by atoms with Crippen LogP contribution < -0.4 is 21.4 Å². The van der Waals surface area contributed by atoms with Gasteiger partial charge in [-0.05, 0) is 48.7 Å². The molecule has 5 N–H and O–H groups in total. The van der Waals surface area contributed by atoms with Gasteiger partial charge >= 0.3 is 12.0 Å². The number of carbonyl (C=O) groups is 3. The van der Waals surface area contributed by atoms with E-state index >= 15 is 0 Å².